The number of rotatable bonds is 6. The quantitative estimate of drug-likeness (QED) is 0.181. The van der Waals surface area contributed by atoms with Gasteiger partial charge in [-0.2, -0.15) is 0 Å². The van der Waals surface area contributed by atoms with Crippen molar-refractivity contribution >= 4 is 42.7 Å². The van der Waals surface area contributed by atoms with Gasteiger partial charge in [-0.25, -0.2) is 0 Å². The van der Waals surface area contributed by atoms with Crippen molar-refractivity contribution in [3.63, 3.8) is 0 Å². The SMILES string of the molecule is CC(C)(C)c1cccc(C(=O)[NH][Hf]([Cl])([Cl])([c]2cccc3c2Cc2ccccc2-3)[SiH](c2ccccc2)c2ccccc2)c1. The van der Waals surface area contributed by atoms with E-state index in [4.69, 9.17) is 17.2 Å². The molecule has 6 heteroatoms. The number of fused-ring (bicyclic) bond motifs is 3. The molecule has 0 saturated carbocycles. The van der Waals surface area contributed by atoms with Crippen molar-refractivity contribution in [3.05, 3.63) is 150 Å². The molecule has 0 spiro atoms. The van der Waals surface area contributed by atoms with E-state index in [9.17, 15) is 4.79 Å². The maximum atomic E-state index is 14.4. The Labute approximate surface area is 258 Å². The number of carbonyl (C=O) groups excluding carboxylic acids is 1. The van der Waals surface area contributed by atoms with Gasteiger partial charge in [-0.05, 0) is 0 Å². The van der Waals surface area contributed by atoms with Crippen LogP contribution in [0.4, 0.5) is 0 Å². The van der Waals surface area contributed by atoms with Gasteiger partial charge in [0.1, 0.15) is 0 Å². The Balaban J connectivity index is 1.60. The first-order valence-electron chi connectivity index (χ1n) is 14.4. The second-order valence-electron chi connectivity index (χ2n) is 12.3. The average molecular weight is 774 g/mol. The number of amides is 1. The van der Waals surface area contributed by atoms with Gasteiger partial charge in [-0.3, -0.25) is 0 Å². The van der Waals surface area contributed by atoms with Gasteiger partial charge < -0.3 is 0 Å². The van der Waals surface area contributed by atoms with Crippen molar-refractivity contribution in [1.82, 2.24) is 3.30 Å². The van der Waals surface area contributed by atoms with Gasteiger partial charge in [0.15, 0.2) is 0 Å². The summed E-state index contributed by atoms with van der Waals surface area (Å²) in [6, 6.07) is 43.4. The van der Waals surface area contributed by atoms with Crippen LogP contribution in [-0.2, 0) is 27.4 Å². The third-order valence-corrected chi connectivity index (χ3v) is 56.7. The van der Waals surface area contributed by atoms with Gasteiger partial charge in [0.25, 0.3) is 0 Å². The number of benzene rings is 5. The summed E-state index contributed by atoms with van der Waals surface area (Å²) in [6.45, 7) is 6.45. The molecule has 0 radical (unpaired) electrons. The van der Waals surface area contributed by atoms with E-state index in [0.29, 0.717) is 5.56 Å². The van der Waals surface area contributed by atoms with E-state index in [1.54, 1.807) is 0 Å². The summed E-state index contributed by atoms with van der Waals surface area (Å²) in [6.07, 6.45) is 0.744. The number of hydrogen-bond donors (Lipinski definition) is 1. The Hall–Kier alpha value is -2.76. The van der Waals surface area contributed by atoms with Crippen LogP contribution in [0.5, 0.6) is 0 Å². The Morgan fingerprint density at radius 2 is 1.29 bits per heavy atom. The summed E-state index contributed by atoms with van der Waals surface area (Å²) < 4.78 is 4.46. The molecular weight excluding hydrogens is 740 g/mol. The van der Waals surface area contributed by atoms with Crippen LogP contribution in [0, 0.1) is 0 Å². The topological polar surface area (TPSA) is 29.1 Å². The van der Waals surface area contributed by atoms with Gasteiger partial charge >= 0.3 is 260 Å². The van der Waals surface area contributed by atoms with Crippen molar-refractivity contribution in [2.75, 3.05) is 0 Å². The summed E-state index contributed by atoms with van der Waals surface area (Å²) in [5.74, 6) is -2.67. The van der Waals surface area contributed by atoms with Crippen molar-refractivity contribution in [2.45, 2.75) is 32.6 Å². The third kappa shape index (κ3) is 5.28. The molecule has 5 aromatic rings. The molecule has 0 atom stereocenters. The molecule has 0 aromatic heterocycles. The summed E-state index contributed by atoms with van der Waals surface area (Å²) in [5.41, 5.74) is 6.34. The first-order chi connectivity index (χ1) is 20.1. The van der Waals surface area contributed by atoms with Crippen LogP contribution in [-0.4, -0.2) is 11.9 Å². The molecule has 0 bridgehead atoms. The van der Waals surface area contributed by atoms with Crippen LogP contribution >= 0.6 is 17.2 Å². The number of halogens is 2. The van der Waals surface area contributed by atoms with Gasteiger partial charge in [0.2, 0.25) is 0 Å². The molecule has 6 rings (SSSR count). The van der Waals surface area contributed by atoms with Crippen LogP contribution in [0.3, 0.4) is 0 Å². The first-order valence-corrected chi connectivity index (χ1v) is 34.8. The second kappa shape index (κ2) is 11.1. The molecule has 1 amide bonds. The average Bonchev–Trinajstić information content (AvgIpc) is 3.37. The Bertz CT molecular complexity index is 1740. The molecule has 0 aliphatic heterocycles. The van der Waals surface area contributed by atoms with E-state index in [2.05, 4.69) is 96.9 Å². The van der Waals surface area contributed by atoms with E-state index in [-0.39, 0.29) is 11.3 Å². The molecule has 1 aliphatic rings. The summed E-state index contributed by atoms with van der Waals surface area (Å²) in [7, 11) is 16.5. The number of nitrogens with one attached hydrogen (secondary N) is 1. The van der Waals surface area contributed by atoms with Crippen molar-refractivity contribution in [2.24, 2.45) is 0 Å². The standard InChI is InChI=1S/C13H9.C12H11Si.C11H15NO.2ClH.Hf/c1-3-7-12-10(5-1)9-11-6-2-4-8-13(11)12;1-3-7-11(8-4-1)13-12-9-5-2-6-10-12;1-11(2,3)9-6-4-5-8(7-9)10(12)13;;;/h1-5,7-8H,9H2;1-10,13H;4-7H,1-3H3,(H2,12,13);2*1H;/q;;;;;+3/p-3. The minimum atomic E-state index is -5.72. The molecule has 0 fully saturated rings. The summed E-state index contributed by atoms with van der Waals surface area (Å²) in [4.78, 5) is 14.4. The molecule has 5 aromatic carbocycles. The Morgan fingerprint density at radius 1 is 0.714 bits per heavy atom. The van der Waals surface area contributed by atoms with Crippen LogP contribution in [0.25, 0.3) is 11.1 Å². The molecular formula is C36H34Cl2HfNOSi. The van der Waals surface area contributed by atoms with Gasteiger partial charge in [0, 0.05) is 0 Å². The van der Waals surface area contributed by atoms with E-state index in [0.717, 1.165) is 36.8 Å². The summed E-state index contributed by atoms with van der Waals surface area (Å²) in [5, 5.41) is 2.25. The van der Waals surface area contributed by atoms with Crippen LogP contribution in [0.15, 0.2) is 127 Å². The fourth-order valence-electron chi connectivity index (χ4n) is 6.36. The molecule has 0 saturated heterocycles. The second-order valence-corrected chi connectivity index (χ2v) is 61.2. The fraction of sp³-hybridized carbons (Fsp3) is 0.139. The minimum absolute atomic E-state index is 0.103. The Morgan fingerprint density at radius 3 is 1.93 bits per heavy atom. The molecule has 1 aliphatic carbocycles. The zero-order valence-corrected chi connectivity index (χ0v) is 30.3. The predicted molar refractivity (Wildman–Crippen MR) is 178 cm³/mol. The molecule has 211 valence electrons. The Kier molecular flexibility index (Phi) is 7.72. The normalized spacial score (nSPS) is 13.6. The molecule has 42 heavy (non-hydrogen) atoms. The molecule has 0 unspecified atom stereocenters. The fourth-order valence-corrected chi connectivity index (χ4v) is 58.0. The number of hydrogen-bond acceptors (Lipinski definition) is 1. The maximum absolute atomic E-state index is 14.4. The number of carbonyl (C=O) groups is 1. The molecule has 1 N–H and O–H groups in total. The van der Waals surface area contributed by atoms with E-state index in [1.807, 2.05) is 54.6 Å². The van der Waals surface area contributed by atoms with Crippen LogP contribution in [0.2, 0.25) is 0 Å². The monoisotopic (exact) mass is 774 g/mol. The van der Waals surface area contributed by atoms with E-state index in [1.165, 1.54) is 11.1 Å². The first kappa shape index (κ1) is 29.3. The van der Waals surface area contributed by atoms with Crippen molar-refractivity contribution in [3.8, 4) is 11.1 Å². The zero-order valence-electron chi connectivity index (χ0n) is 24.1. The van der Waals surface area contributed by atoms with Crippen LogP contribution in [0.1, 0.15) is 47.8 Å². The van der Waals surface area contributed by atoms with Gasteiger partial charge in [0.05, 0.1) is 0 Å². The van der Waals surface area contributed by atoms with E-state index >= 15 is 0 Å². The van der Waals surface area contributed by atoms with E-state index < -0.39 is 21.6 Å². The van der Waals surface area contributed by atoms with Gasteiger partial charge in [-0.15, -0.1) is 0 Å². The zero-order chi connectivity index (χ0) is 29.6. The molecule has 0 heterocycles. The molecule has 2 nitrogen and oxygen atoms in total. The predicted octanol–water partition coefficient (Wildman–Crippen LogP) is 7.06. The van der Waals surface area contributed by atoms with Gasteiger partial charge in [-0.1, -0.05) is 0 Å². The van der Waals surface area contributed by atoms with Crippen molar-refractivity contribution < 1.29 is 20.4 Å². The van der Waals surface area contributed by atoms with Crippen LogP contribution < -0.4 is 17.0 Å². The van der Waals surface area contributed by atoms with Crippen molar-refractivity contribution in [1.29, 1.82) is 0 Å². The third-order valence-electron chi connectivity index (χ3n) is 8.45. The summed E-state index contributed by atoms with van der Waals surface area (Å²) >= 11 is -5.72.